The van der Waals surface area contributed by atoms with Gasteiger partial charge in [-0.15, -0.1) is 0 Å². The number of nitrogens with zero attached hydrogens (tertiary/aromatic N) is 4. The first-order chi connectivity index (χ1) is 20.8. The van der Waals surface area contributed by atoms with Gasteiger partial charge in [0.15, 0.2) is 0 Å². The summed E-state index contributed by atoms with van der Waals surface area (Å²) in [5.74, 6) is 1.65. The second-order valence-corrected chi connectivity index (χ2v) is 10.7. The first-order valence-corrected chi connectivity index (χ1v) is 14.2. The number of hydrogen-bond acceptors (Lipinski definition) is 3. The molecule has 0 N–H and O–H groups in total. The summed E-state index contributed by atoms with van der Waals surface area (Å²) < 4.78 is 2.37. The van der Waals surface area contributed by atoms with Gasteiger partial charge in [-0.25, -0.2) is 9.97 Å². The summed E-state index contributed by atoms with van der Waals surface area (Å²) in [4.78, 5) is 12.8. The Hall–Kier alpha value is -5.74. The quantitative estimate of drug-likeness (QED) is 0.220. The van der Waals surface area contributed by atoms with Gasteiger partial charge in [-0.05, 0) is 47.2 Å². The molecule has 42 heavy (non-hydrogen) atoms. The highest BCUT2D eigenvalue weighted by Crippen LogP contribution is 2.49. The van der Waals surface area contributed by atoms with Crippen molar-refractivity contribution in [2.45, 2.75) is 0 Å². The molecule has 2 aromatic heterocycles. The maximum atomic E-state index is 5.32. The van der Waals surface area contributed by atoms with Crippen LogP contribution < -0.4 is 4.90 Å². The summed E-state index contributed by atoms with van der Waals surface area (Å²) in [7, 11) is 0. The van der Waals surface area contributed by atoms with Crippen LogP contribution in [0.1, 0.15) is 0 Å². The Balaban J connectivity index is 1.43. The largest absolute Gasteiger partial charge is 0.295 e. The van der Waals surface area contributed by atoms with Crippen LogP contribution in [0.15, 0.2) is 146 Å². The molecule has 1 aliphatic heterocycles. The van der Waals surface area contributed by atoms with Crippen molar-refractivity contribution in [2.75, 3.05) is 4.90 Å². The predicted molar refractivity (Wildman–Crippen MR) is 173 cm³/mol. The molecule has 1 aliphatic rings. The van der Waals surface area contributed by atoms with Crippen molar-refractivity contribution in [2.24, 2.45) is 0 Å². The smallest absolute Gasteiger partial charge is 0.236 e. The van der Waals surface area contributed by atoms with Gasteiger partial charge in [0.1, 0.15) is 5.82 Å². The van der Waals surface area contributed by atoms with Crippen LogP contribution in [0.3, 0.4) is 0 Å². The molecule has 0 bridgehead atoms. The van der Waals surface area contributed by atoms with Crippen molar-refractivity contribution >= 4 is 50.0 Å². The first kappa shape index (κ1) is 23.0. The fourth-order valence-electron chi connectivity index (χ4n) is 6.40. The van der Waals surface area contributed by atoms with Gasteiger partial charge in [-0.3, -0.25) is 9.47 Å². The van der Waals surface area contributed by atoms with E-state index in [1.54, 1.807) is 0 Å². The van der Waals surface area contributed by atoms with Gasteiger partial charge in [-0.1, -0.05) is 109 Å². The summed E-state index contributed by atoms with van der Waals surface area (Å²) in [6.07, 6.45) is 0. The molecule has 9 rings (SSSR count). The van der Waals surface area contributed by atoms with Crippen molar-refractivity contribution in [3.63, 3.8) is 0 Å². The average molecular weight is 537 g/mol. The number of aromatic nitrogens is 3. The fourth-order valence-corrected chi connectivity index (χ4v) is 6.40. The third kappa shape index (κ3) is 3.36. The van der Waals surface area contributed by atoms with Crippen LogP contribution in [-0.2, 0) is 0 Å². The lowest BCUT2D eigenvalue weighted by molar-refractivity contribution is 1.04. The SMILES string of the molecule is c1ccc(-c2nc(N3c4ccccc4-c4cc5ccccc5cc4-n4c3cc3ccccc34)nc3ccccc23)cc1. The van der Waals surface area contributed by atoms with Crippen molar-refractivity contribution < 1.29 is 0 Å². The summed E-state index contributed by atoms with van der Waals surface area (Å²) in [5.41, 5.74) is 8.55. The lowest BCUT2D eigenvalue weighted by Gasteiger charge is -2.24. The third-order valence-corrected chi connectivity index (χ3v) is 8.30. The number of fused-ring (bicyclic) bond motifs is 9. The molecular formula is C38H24N4. The molecule has 0 aliphatic carbocycles. The number of anilines is 3. The van der Waals surface area contributed by atoms with E-state index >= 15 is 0 Å². The minimum absolute atomic E-state index is 0.640. The number of hydrogen-bond donors (Lipinski definition) is 0. The Labute approximate surface area is 242 Å². The van der Waals surface area contributed by atoms with Gasteiger partial charge in [0.25, 0.3) is 0 Å². The van der Waals surface area contributed by atoms with E-state index in [9.17, 15) is 0 Å². The van der Waals surface area contributed by atoms with Crippen LogP contribution in [0.5, 0.6) is 0 Å². The van der Waals surface area contributed by atoms with E-state index in [4.69, 9.17) is 9.97 Å². The van der Waals surface area contributed by atoms with Crippen LogP contribution in [0, 0.1) is 0 Å². The molecule has 0 spiro atoms. The molecule has 0 unspecified atom stereocenters. The van der Waals surface area contributed by atoms with E-state index in [1.165, 1.54) is 21.7 Å². The summed E-state index contributed by atoms with van der Waals surface area (Å²) >= 11 is 0. The number of benzene rings is 6. The molecule has 0 radical (unpaired) electrons. The van der Waals surface area contributed by atoms with E-state index < -0.39 is 0 Å². The Morgan fingerprint density at radius 2 is 1.17 bits per heavy atom. The Morgan fingerprint density at radius 1 is 0.476 bits per heavy atom. The molecule has 4 nitrogen and oxygen atoms in total. The molecular weight excluding hydrogens is 512 g/mol. The topological polar surface area (TPSA) is 34.0 Å². The van der Waals surface area contributed by atoms with Gasteiger partial charge in [0, 0.05) is 27.5 Å². The molecule has 0 fully saturated rings. The molecule has 0 saturated carbocycles. The monoisotopic (exact) mass is 536 g/mol. The molecule has 0 amide bonds. The zero-order chi connectivity index (χ0) is 27.6. The average Bonchev–Trinajstić information content (AvgIpc) is 3.38. The molecule has 0 atom stereocenters. The van der Waals surface area contributed by atoms with Gasteiger partial charge < -0.3 is 0 Å². The Kier molecular flexibility index (Phi) is 4.87. The Morgan fingerprint density at radius 3 is 2.05 bits per heavy atom. The van der Waals surface area contributed by atoms with E-state index in [0.717, 1.165) is 50.4 Å². The van der Waals surface area contributed by atoms with E-state index in [-0.39, 0.29) is 0 Å². The minimum atomic E-state index is 0.640. The molecule has 8 aromatic rings. The highest BCUT2D eigenvalue weighted by molar-refractivity contribution is 6.03. The summed E-state index contributed by atoms with van der Waals surface area (Å²) in [6, 6.07) is 51.4. The van der Waals surface area contributed by atoms with Gasteiger partial charge in [-0.2, -0.15) is 0 Å². The second kappa shape index (κ2) is 8.88. The zero-order valence-corrected chi connectivity index (χ0v) is 22.6. The maximum absolute atomic E-state index is 5.32. The minimum Gasteiger partial charge on any atom is -0.295 e. The van der Waals surface area contributed by atoms with E-state index in [1.807, 2.05) is 12.1 Å². The van der Waals surface area contributed by atoms with Gasteiger partial charge in [0.05, 0.1) is 28.1 Å². The van der Waals surface area contributed by atoms with Crippen LogP contribution in [0.25, 0.3) is 60.6 Å². The first-order valence-electron chi connectivity index (χ1n) is 14.2. The normalized spacial score (nSPS) is 12.2. The molecule has 6 aromatic carbocycles. The van der Waals surface area contributed by atoms with Crippen LogP contribution in [0.4, 0.5) is 17.5 Å². The van der Waals surface area contributed by atoms with Crippen LogP contribution in [0.2, 0.25) is 0 Å². The predicted octanol–water partition coefficient (Wildman–Crippen LogP) is 9.84. The lowest BCUT2D eigenvalue weighted by atomic mass is 9.97. The van der Waals surface area contributed by atoms with Crippen molar-refractivity contribution in [1.29, 1.82) is 0 Å². The maximum Gasteiger partial charge on any atom is 0.236 e. The van der Waals surface area contributed by atoms with E-state index in [0.29, 0.717) is 5.95 Å². The van der Waals surface area contributed by atoms with Gasteiger partial charge >= 0.3 is 0 Å². The van der Waals surface area contributed by atoms with E-state index in [2.05, 4.69) is 143 Å². The van der Waals surface area contributed by atoms with Crippen molar-refractivity contribution in [3.05, 3.63) is 146 Å². The number of para-hydroxylation sites is 3. The van der Waals surface area contributed by atoms with Gasteiger partial charge in [0.2, 0.25) is 5.95 Å². The fraction of sp³-hybridized carbons (Fsp3) is 0. The van der Waals surface area contributed by atoms with Crippen LogP contribution in [-0.4, -0.2) is 14.5 Å². The van der Waals surface area contributed by atoms with Crippen LogP contribution >= 0.6 is 0 Å². The lowest BCUT2D eigenvalue weighted by Crippen LogP contribution is -2.16. The zero-order valence-electron chi connectivity index (χ0n) is 22.6. The molecule has 3 heterocycles. The highest BCUT2D eigenvalue weighted by Gasteiger charge is 2.30. The molecule has 196 valence electrons. The highest BCUT2D eigenvalue weighted by atomic mass is 15.3. The third-order valence-electron chi connectivity index (χ3n) is 8.30. The second-order valence-electron chi connectivity index (χ2n) is 10.7. The summed E-state index contributed by atoms with van der Waals surface area (Å²) in [5, 5.41) is 4.62. The molecule has 4 heteroatoms. The molecule has 0 saturated heterocycles. The Bertz CT molecular complexity index is 2320. The van der Waals surface area contributed by atoms with Crippen molar-refractivity contribution in [3.8, 4) is 28.1 Å². The summed E-state index contributed by atoms with van der Waals surface area (Å²) in [6.45, 7) is 0. The number of rotatable bonds is 2. The van der Waals surface area contributed by atoms with Crippen molar-refractivity contribution in [1.82, 2.24) is 14.5 Å². The standard InChI is InChI=1S/C38H24N4/c1-2-12-25(13-3-1)37-30-18-7-9-19-32(30)39-38(40-37)42-34-21-11-8-17-29(34)31-22-26-14-4-5-15-27(26)23-35(31)41-33-20-10-6-16-28(33)24-36(41)42/h1-24H.